The molecule has 1 aliphatic rings. The molecule has 1 fully saturated rings. The van der Waals surface area contributed by atoms with Crippen LogP contribution in [-0.4, -0.2) is 31.9 Å². The Morgan fingerprint density at radius 2 is 1.82 bits per heavy atom. The quantitative estimate of drug-likeness (QED) is 0.663. The first-order valence-electron chi connectivity index (χ1n) is 7.41. The number of hydrogen-bond donors (Lipinski definition) is 2. The van der Waals surface area contributed by atoms with Gasteiger partial charge in [0.1, 0.15) is 5.82 Å². The van der Waals surface area contributed by atoms with E-state index in [1.807, 2.05) is 40.8 Å². The van der Waals surface area contributed by atoms with Gasteiger partial charge in [0.2, 0.25) is 0 Å². The average Bonchev–Trinajstić information content (AvgIpc) is 2.56. The Hall–Kier alpha value is -1.37. The Labute approximate surface area is 132 Å². The van der Waals surface area contributed by atoms with Crippen LogP contribution in [0.4, 0.5) is 10.1 Å². The summed E-state index contributed by atoms with van der Waals surface area (Å²) in [5.41, 5.74) is 6.86. The molecule has 22 heavy (non-hydrogen) atoms. The summed E-state index contributed by atoms with van der Waals surface area (Å²) in [6.07, 6.45) is 1.86. The molecule has 0 aromatic heterocycles. The van der Waals surface area contributed by atoms with Crippen LogP contribution in [-0.2, 0) is 9.31 Å². The van der Waals surface area contributed by atoms with E-state index in [-0.39, 0.29) is 5.82 Å². The Morgan fingerprint density at radius 3 is 2.32 bits per heavy atom. The number of nitrogens with one attached hydrogen (secondary N) is 1. The van der Waals surface area contributed by atoms with Crippen LogP contribution in [0.2, 0.25) is 0 Å². The zero-order valence-corrected chi connectivity index (χ0v) is 13.9. The molecule has 0 aliphatic carbocycles. The maximum atomic E-state index is 13.5. The largest absolute Gasteiger partial charge is 0.491 e. The first-order valence-corrected chi connectivity index (χ1v) is 7.41. The van der Waals surface area contributed by atoms with Crippen LogP contribution >= 0.6 is 0 Å². The number of nitrogens with two attached hydrogens (primary N) is 1. The summed E-state index contributed by atoms with van der Waals surface area (Å²) in [5.74, 6) is -0.357. The van der Waals surface area contributed by atoms with E-state index in [0.717, 1.165) is 5.47 Å². The van der Waals surface area contributed by atoms with E-state index in [1.54, 1.807) is 6.07 Å². The lowest BCUT2D eigenvalue weighted by Crippen LogP contribution is -2.41. The Bertz CT molecular complexity index is 551. The van der Waals surface area contributed by atoms with Gasteiger partial charge < -0.3 is 20.4 Å². The van der Waals surface area contributed by atoms with Crippen molar-refractivity contribution in [3.63, 3.8) is 0 Å². The second-order valence-corrected chi connectivity index (χ2v) is 6.66. The molecule has 1 aromatic carbocycles. The first-order chi connectivity index (χ1) is 10.1. The predicted octanol–water partition coefficient (Wildman–Crippen LogP) is 2.64. The van der Waals surface area contributed by atoms with Crippen molar-refractivity contribution in [2.45, 2.75) is 38.9 Å². The number of rotatable bonds is 4. The van der Waals surface area contributed by atoms with Gasteiger partial charge in [-0.1, -0.05) is 6.08 Å². The van der Waals surface area contributed by atoms with E-state index in [4.69, 9.17) is 15.0 Å². The summed E-state index contributed by atoms with van der Waals surface area (Å²) in [6.45, 7) is 8.59. The van der Waals surface area contributed by atoms with Crippen molar-refractivity contribution in [3.8, 4) is 0 Å². The normalized spacial score (nSPS) is 20.5. The van der Waals surface area contributed by atoms with Crippen LogP contribution < -0.4 is 11.1 Å². The highest BCUT2D eigenvalue weighted by Gasteiger charge is 2.52. The second-order valence-electron chi connectivity index (χ2n) is 6.66. The number of hydrogen-bond acceptors (Lipinski definition) is 4. The summed E-state index contributed by atoms with van der Waals surface area (Å²) < 4.78 is 25.6. The van der Waals surface area contributed by atoms with Gasteiger partial charge in [0.25, 0.3) is 0 Å². The molecule has 1 aromatic rings. The lowest BCUT2D eigenvalue weighted by molar-refractivity contribution is 0.00578. The molecule has 0 atom stereocenters. The summed E-state index contributed by atoms with van der Waals surface area (Å²) >= 11 is 0. The minimum Gasteiger partial charge on any atom is -0.400 e. The van der Waals surface area contributed by atoms with Gasteiger partial charge in [-0.3, -0.25) is 0 Å². The van der Waals surface area contributed by atoms with Crippen molar-refractivity contribution in [2.24, 2.45) is 0 Å². The van der Waals surface area contributed by atoms with Gasteiger partial charge in [-0.25, -0.2) is 4.39 Å². The van der Waals surface area contributed by atoms with Crippen LogP contribution in [0.3, 0.4) is 0 Å². The monoisotopic (exact) mass is 306 g/mol. The fourth-order valence-electron chi connectivity index (χ4n) is 2.33. The molecule has 1 heterocycles. The topological polar surface area (TPSA) is 56.5 Å². The molecule has 0 radical (unpaired) electrons. The SMILES string of the molecule is CNCC(=Cc1cc(N)cc(F)c1)B1OC(C)(C)C(C)(C)O1. The molecule has 0 spiro atoms. The molecule has 3 N–H and O–H groups in total. The van der Waals surface area contributed by atoms with Crippen LogP contribution in [0.1, 0.15) is 33.3 Å². The second kappa shape index (κ2) is 6.03. The maximum Gasteiger partial charge on any atom is 0.491 e. The van der Waals surface area contributed by atoms with Gasteiger partial charge >= 0.3 is 7.12 Å². The minimum absolute atomic E-state index is 0.357. The number of halogens is 1. The lowest BCUT2D eigenvalue weighted by Gasteiger charge is -2.32. The number of likely N-dealkylation sites (N-methyl/N-ethyl adjacent to an activating group) is 1. The molecule has 0 unspecified atom stereocenters. The molecule has 4 nitrogen and oxygen atoms in total. The summed E-state index contributed by atoms with van der Waals surface area (Å²) in [6, 6.07) is 4.46. The van der Waals surface area contributed by atoms with Gasteiger partial charge in [-0.15, -0.1) is 0 Å². The van der Waals surface area contributed by atoms with Gasteiger partial charge in [-0.05, 0) is 64.0 Å². The van der Waals surface area contributed by atoms with Crippen molar-refractivity contribution >= 4 is 18.9 Å². The number of benzene rings is 1. The van der Waals surface area contributed by atoms with Crippen molar-refractivity contribution in [1.29, 1.82) is 0 Å². The van der Waals surface area contributed by atoms with Gasteiger partial charge in [0.05, 0.1) is 11.2 Å². The Morgan fingerprint density at radius 1 is 1.23 bits per heavy atom. The third kappa shape index (κ3) is 3.51. The van der Waals surface area contributed by atoms with Crippen LogP contribution in [0.5, 0.6) is 0 Å². The fourth-order valence-corrected chi connectivity index (χ4v) is 2.33. The molecular weight excluding hydrogens is 282 g/mol. The van der Waals surface area contributed by atoms with E-state index >= 15 is 0 Å². The van der Waals surface area contributed by atoms with Gasteiger partial charge in [-0.2, -0.15) is 0 Å². The zero-order valence-electron chi connectivity index (χ0n) is 13.9. The van der Waals surface area contributed by atoms with E-state index in [1.165, 1.54) is 12.1 Å². The number of anilines is 1. The van der Waals surface area contributed by atoms with E-state index in [0.29, 0.717) is 17.8 Å². The zero-order chi connectivity index (χ0) is 16.5. The molecular formula is C16H24BFN2O2. The minimum atomic E-state index is -0.470. The highest BCUT2D eigenvalue weighted by molar-refractivity contribution is 6.55. The predicted molar refractivity (Wildman–Crippen MR) is 88.8 cm³/mol. The maximum absolute atomic E-state index is 13.5. The smallest absolute Gasteiger partial charge is 0.400 e. The van der Waals surface area contributed by atoms with Gasteiger partial charge in [0.15, 0.2) is 0 Å². The summed E-state index contributed by atoms with van der Waals surface area (Å²) in [4.78, 5) is 0. The van der Waals surface area contributed by atoms with Crippen molar-refractivity contribution in [3.05, 3.63) is 35.1 Å². The molecule has 0 saturated carbocycles. The summed E-state index contributed by atoms with van der Waals surface area (Å²) in [7, 11) is 1.38. The van der Waals surface area contributed by atoms with E-state index in [2.05, 4.69) is 5.32 Å². The molecule has 6 heteroatoms. The molecule has 120 valence electrons. The van der Waals surface area contributed by atoms with Crippen molar-refractivity contribution < 1.29 is 13.7 Å². The number of nitrogen functional groups attached to an aromatic ring is 1. The molecule has 1 aliphatic heterocycles. The highest BCUT2D eigenvalue weighted by atomic mass is 19.1. The Balaban J connectivity index is 2.33. The van der Waals surface area contributed by atoms with Crippen LogP contribution in [0.25, 0.3) is 6.08 Å². The third-order valence-corrected chi connectivity index (χ3v) is 4.23. The van der Waals surface area contributed by atoms with Crippen molar-refractivity contribution in [2.75, 3.05) is 19.3 Å². The molecule has 2 rings (SSSR count). The highest BCUT2D eigenvalue weighted by Crippen LogP contribution is 2.38. The lowest BCUT2D eigenvalue weighted by atomic mass is 9.77. The first kappa shape index (κ1) is 17.0. The van der Waals surface area contributed by atoms with E-state index < -0.39 is 18.3 Å². The fraction of sp³-hybridized carbons (Fsp3) is 0.500. The van der Waals surface area contributed by atoms with Crippen LogP contribution in [0.15, 0.2) is 23.7 Å². The van der Waals surface area contributed by atoms with E-state index in [9.17, 15) is 4.39 Å². The standard InChI is InChI=1S/C16H24BFN2O2/c1-15(2)16(3,4)22-17(21-15)12(10-20-5)6-11-7-13(18)9-14(19)8-11/h6-9,20H,10,19H2,1-5H3. The Kier molecular flexibility index (Phi) is 4.66. The molecule has 0 amide bonds. The molecule has 1 saturated heterocycles. The van der Waals surface area contributed by atoms with Crippen molar-refractivity contribution in [1.82, 2.24) is 5.32 Å². The average molecular weight is 306 g/mol. The molecule has 0 bridgehead atoms. The van der Waals surface area contributed by atoms with Crippen LogP contribution in [0, 0.1) is 5.82 Å². The third-order valence-electron chi connectivity index (χ3n) is 4.23. The van der Waals surface area contributed by atoms with Gasteiger partial charge in [0, 0.05) is 12.2 Å². The summed E-state index contributed by atoms with van der Waals surface area (Å²) in [5, 5.41) is 3.10.